The number of piperazine rings is 1. The summed E-state index contributed by atoms with van der Waals surface area (Å²) in [5, 5.41) is 5.30. The van der Waals surface area contributed by atoms with Crippen LogP contribution in [0.15, 0.2) is 53.1 Å². The maximum atomic E-state index is 13.8. The van der Waals surface area contributed by atoms with Crippen LogP contribution in [0.5, 0.6) is 0 Å². The SMILES string of the molecule is Fc1ccccc1CN1CCN(Cc2noc3ccccc23)CC1. The van der Waals surface area contributed by atoms with Crippen LogP contribution < -0.4 is 0 Å². The van der Waals surface area contributed by atoms with Crippen LogP contribution in [0, 0.1) is 5.82 Å². The molecule has 1 aliphatic heterocycles. The maximum absolute atomic E-state index is 13.8. The average Bonchev–Trinajstić information content (AvgIpc) is 3.02. The Morgan fingerprint density at radius 1 is 0.875 bits per heavy atom. The quantitative estimate of drug-likeness (QED) is 0.737. The summed E-state index contributed by atoms with van der Waals surface area (Å²) in [4.78, 5) is 4.68. The molecular formula is C19H20FN3O. The molecule has 2 aromatic carbocycles. The fourth-order valence-corrected chi connectivity index (χ4v) is 3.24. The fourth-order valence-electron chi connectivity index (χ4n) is 3.24. The molecule has 0 bridgehead atoms. The summed E-state index contributed by atoms with van der Waals surface area (Å²) in [7, 11) is 0. The van der Waals surface area contributed by atoms with E-state index in [-0.39, 0.29) is 5.82 Å². The zero-order chi connectivity index (χ0) is 16.4. The van der Waals surface area contributed by atoms with Gasteiger partial charge in [-0.3, -0.25) is 9.80 Å². The van der Waals surface area contributed by atoms with Gasteiger partial charge in [-0.1, -0.05) is 35.5 Å². The third-order valence-corrected chi connectivity index (χ3v) is 4.64. The van der Waals surface area contributed by atoms with E-state index in [1.807, 2.05) is 30.3 Å². The Balaban J connectivity index is 1.35. The molecule has 0 atom stereocenters. The molecule has 0 amide bonds. The van der Waals surface area contributed by atoms with Gasteiger partial charge in [-0.15, -0.1) is 0 Å². The number of aromatic nitrogens is 1. The first-order valence-corrected chi connectivity index (χ1v) is 8.31. The van der Waals surface area contributed by atoms with E-state index < -0.39 is 0 Å². The van der Waals surface area contributed by atoms with Crippen LogP contribution in [0.1, 0.15) is 11.3 Å². The van der Waals surface area contributed by atoms with Gasteiger partial charge in [-0.2, -0.15) is 0 Å². The second-order valence-corrected chi connectivity index (χ2v) is 6.27. The molecule has 0 spiro atoms. The first-order chi connectivity index (χ1) is 11.8. The van der Waals surface area contributed by atoms with E-state index in [0.717, 1.165) is 55.0 Å². The van der Waals surface area contributed by atoms with Gasteiger partial charge in [0.15, 0.2) is 5.58 Å². The molecule has 4 nitrogen and oxygen atoms in total. The van der Waals surface area contributed by atoms with Crippen molar-refractivity contribution in [3.05, 3.63) is 65.6 Å². The lowest BCUT2D eigenvalue weighted by molar-refractivity contribution is 0.119. The zero-order valence-electron chi connectivity index (χ0n) is 13.5. The minimum Gasteiger partial charge on any atom is -0.356 e. The smallest absolute Gasteiger partial charge is 0.167 e. The number of rotatable bonds is 4. The molecule has 3 aromatic rings. The molecule has 0 radical (unpaired) electrons. The van der Waals surface area contributed by atoms with Gasteiger partial charge in [-0.05, 0) is 18.2 Å². The van der Waals surface area contributed by atoms with Crippen molar-refractivity contribution in [2.45, 2.75) is 13.1 Å². The van der Waals surface area contributed by atoms with Gasteiger partial charge in [0.1, 0.15) is 11.5 Å². The van der Waals surface area contributed by atoms with Crippen LogP contribution in [-0.4, -0.2) is 41.1 Å². The summed E-state index contributed by atoms with van der Waals surface area (Å²) in [6.45, 7) is 5.25. The number of para-hydroxylation sites is 1. The summed E-state index contributed by atoms with van der Waals surface area (Å²) in [5.74, 6) is -0.117. The molecule has 0 aliphatic carbocycles. The van der Waals surface area contributed by atoms with Gasteiger partial charge in [0, 0.05) is 50.2 Å². The van der Waals surface area contributed by atoms with Crippen LogP contribution in [0.2, 0.25) is 0 Å². The molecule has 0 unspecified atom stereocenters. The minimum atomic E-state index is -0.117. The number of fused-ring (bicyclic) bond motifs is 1. The van der Waals surface area contributed by atoms with Crippen molar-refractivity contribution in [1.29, 1.82) is 0 Å². The van der Waals surface area contributed by atoms with Crippen molar-refractivity contribution < 1.29 is 8.91 Å². The lowest BCUT2D eigenvalue weighted by Gasteiger charge is -2.34. The van der Waals surface area contributed by atoms with Crippen LogP contribution in [0.25, 0.3) is 11.0 Å². The van der Waals surface area contributed by atoms with Crippen molar-refractivity contribution in [1.82, 2.24) is 15.0 Å². The van der Waals surface area contributed by atoms with E-state index in [9.17, 15) is 4.39 Å². The van der Waals surface area contributed by atoms with Gasteiger partial charge in [0.25, 0.3) is 0 Å². The zero-order valence-corrected chi connectivity index (χ0v) is 13.5. The normalized spacial score (nSPS) is 16.7. The van der Waals surface area contributed by atoms with Gasteiger partial charge in [-0.25, -0.2) is 4.39 Å². The summed E-state index contributed by atoms with van der Waals surface area (Å²) in [5.41, 5.74) is 2.60. The highest BCUT2D eigenvalue weighted by molar-refractivity contribution is 5.79. The number of hydrogen-bond acceptors (Lipinski definition) is 4. The molecule has 1 fully saturated rings. The van der Waals surface area contributed by atoms with E-state index in [1.54, 1.807) is 6.07 Å². The van der Waals surface area contributed by atoms with Crippen molar-refractivity contribution in [3.63, 3.8) is 0 Å². The highest BCUT2D eigenvalue weighted by Gasteiger charge is 2.20. The first kappa shape index (κ1) is 15.3. The Bertz CT molecular complexity index is 824. The van der Waals surface area contributed by atoms with Gasteiger partial charge >= 0.3 is 0 Å². The van der Waals surface area contributed by atoms with Gasteiger partial charge < -0.3 is 4.52 Å². The maximum Gasteiger partial charge on any atom is 0.167 e. The third kappa shape index (κ3) is 3.18. The van der Waals surface area contributed by atoms with Gasteiger partial charge in [0.05, 0.1) is 0 Å². The number of benzene rings is 2. The number of hydrogen-bond donors (Lipinski definition) is 0. The van der Waals surface area contributed by atoms with E-state index in [1.165, 1.54) is 6.07 Å². The first-order valence-electron chi connectivity index (χ1n) is 8.31. The summed E-state index contributed by atoms with van der Waals surface area (Å²) >= 11 is 0. The van der Waals surface area contributed by atoms with Crippen molar-refractivity contribution in [2.75, 3.05) is 26.2 Å². The lowest BCUT2D eigenvalue weighted by Crippen LogP contribution is -2.45. The second-order valence-electron chi connectivity index (χ2n) is 6.27. The van der Waals surface area contributed by atoms with Crippen LogP contribution in [-0.2, 0) is 13.1 Å². The summed E-state index contributed by atoms with van der Waals surface area (Å²) < 4.78 is 19.1. The standard InChI is InChI=1S/C19H20FN3O/c20-17-7-3-1-5-15(17)13-22-9-11-23(12-10-22)14-18-16-6-2-4-8-19(16)24-21-18/h1-8H,9-14H2. The van der Waals surface area contributed by atoms with E-state index in [4.69, 9.17) is 4.52 Å². The molecular weight excluding hydrogens is 305 g/mol. The van der Waals surface area contributed by atoms with E-state index in [2.05, 4.69) is 21.0 Å². The average molecular weight is 325 g/mol. The monoisotopic (exact) mass is 325 g/mol. The molecule has 1 aliphatic rings. The Morgan fingerprint density at radius 3 is 2.33 bits per heavy atom. The topological polar surface area (TPSA) is 32.5 Å². The predicted octanol–water partition coefficient (Wildman–Crippen LogP) is 3.28. The molecule has 4 rings (SSSR count). The highest BCUT2D eigenvalue weighted by atomic mass is 19.1. The Kier molecular flexibility index (Phi) is 4.28. The van der Waals surface area contributed by atoms with Crippen molar-refractivity contribution in [2.24, 2.45) is 0 Å². The van der Waals surface area contributed by atoms with Crippen LogP contribution in [0.3, 0.4) is 0 Å². The van der Waals surface area contributed by atoms with Crippen LogP contribution >= 0.6 is 0 Å². The van der Waals surface area contributed by atoms with E-state index in [0.29, 0.717) is 6.54 Å². The number of nitrogens with zero attached hydrogens (tertiary/aromatic N) is 3. The summed E-state index contributed by atoms with van der Waals surface area (Å²) in [6, 6.07) is 15.0. The van der Waals surface area contributed by atoms with Crippen LogP contribution in [0.4, 0.5) is 4.39 Å². The molecule has 0 saturated carbocycles. The molecule has 5 heteroatoms. The predicted molar refractivity (Wildman–Crippen MR) is 91.0 cm³/mol. The third-order valence-electron chi connectivity index (χ3n) is 4.64. The molecule has 24 heavy (non-hydrogen) atoms. The Labute approximate surface area is 140 Å². The minimum absolute atomic E-state index is 0.117. The fraction of sp³-hybridized carbons (Fsp3) is 0.316. The van der Waals surface area contributed by atoms with Gasteiger partial charge in [0.2, 0.25) is 0 Å². The lowest BCUT2D eigenvalue weighted by atomic mass is 10.1. The Hall–Kier alpha value is -2.24. The molecule has 1 saturated heterocycles. The van der Waals surface area contributed by atoms with E-state index >= 15 is 0 Å². The van der Waals surface area contributed by atoms with Crippen molar-refractivity contribution >= 4 is 11.0 Å². The highest BCUT2D eigenvalue weighted by Crippen LogP contribution is 2.20. The summed E-state index contributed by atoms with van der Waals surface area (Å²) in [6.07, 6.45) is 0. The molecule has 0 N–H and O–H groups in total. The Morgan fingerprint density at radius 2 is 1.54 bits per heavy atom. The second kappa shape index (κ2) is 6.71. The largest absolute Gasteiger partial charge is 0.356 e. The molecule has 124 valence electrons. The molecule has 2 heterocycles. The van der Waals surface area contributed by atoms with Crippen molar-refractivity contribution in [3.8, 4) is 0 Å². The number of halogens is 1. The molecule has 1 aromatic heterocycles.